The normalized spacial score (nSPS) is 15.7. The fourth-order valence-corrected chi connectivity index (χ4v) is 2.39. The van der Waals surface area contributed by atoms with Crippen molar-refractivity contribution in [3.63, 3.8) is 0 Å². The minimum absolute atomic E-state index is 0.169. The Kier molecular flexibility index (Phi) is 4.30. The Morgan fingerprint density at radius 2 is 2.06 bits per heavy atom. The first-order chi connectivity index (χ1) is 8.66. The number of hydrogen-bond acceptors (Lipinski definition) is 3. The van der Waals surface area contributed by atoms with Crippen molar-refractivity contribution in [1.29, 1.82) is 0 Å². The maximum absolute atomic E-state index is 12.0. The molecule has 0 atom stereocenters. The standard InChI is InChI=1S/C12H17N3O2S/c16-10-4-8-15(12(18)13-10)9-5-11(17)14-6-2-1-3-7-14/h4,8H,1-3,5-7,9H2,(H,13,16,18). The first-order valence-corrected chi connectivity index (χ1v) is 6.65. The lowest BCUT2D eigenvalue weighted by molar-refractivity contribution is -0.132. The Morgan fingerprint density at radius 1 is 1.33 bits per heavy atom. The first kappa shape index (κ1) is 13.0. The van der Waals surface area contributed by atoms with E-state index in [4.69, 9.17) is 12.2 Å². The minimum atomic E-state index is -0.210. The molecular formula is C12H17N3O2S. The van der Waals surface area contributed by atoms with Crippen molar-refractivity contribution >= 4 is 18.1 Å². The van der Waals surface area contributed by atoms with Gasteiger partial charge >= 0.3 is 0 Å². The zero-order valence-corrected chi connectivity index (χ0v) is 11.0. The number of carbonyl (C=O) groups is 1. The van der Waals surface area contributed by atoms with E-state index in [1.807, 2.05) is 4.90 Å². The number of aryl methyl sites for hydroxylation is 1. The highest BCUT2D eigenvalue weighted by molar-refractivity contribution is 7.71. The van der Waals surface area contributed by atoms with E-state index in [1.54, 1.807) is 10.8 Å². The predicted octanol–water partition coefficient (Wildman–Crippen LogP) is 1.31. The number of piperidine rings is 1. The molecule has 6 heteroatoms. The molecule has 1 aliphatic rings. The summed E-state index contributed by atoms with van der Waals surface area (Å²) in [6.07, 6.45) is 5.48. The summed E-state index contributed by atoms with van der Waals surface area (Å²) < 4.78 is 2.09. The molecule has 1 N–H and O–H groups in total. The molecule has 1 aromatic heterocycles. The molecule has 1 saturated heterocycles. The molecule has 1 amide bonds. The summed E-state index contributed by atoms with van der Waals surface area (Å²) in [5.74, 6) is 0.169. The van der Waals surface area contributed by atoms with Gasteiger partial charge in [-0.2, -0.15) is 0 Å². The molecule has 1 aromatic rings. The summed E-state index contributed by atoms with van der Waals surface area (Å²) in [5.41, 5.74) is -0.210. The van der Waals surface area contributed by atoms with Crippen molar-refractivity contribution in [2.45, 2.75) is 32.2 Å². The number of rotatable bonds is 3. The summed E-state index contributed by atoms with van der Waals surface area (Å²) in [6.45, 7) is 2.26. The first-order valence-electron chi connectivity index (χ1n) is 6.24. The fraction of sp³-hybridized carbons (Fsp3) is 0.583. The molecule has 18 heavy (non-hydrogen) atoms. The fourth-order valence-electron chi connectivity index (χ4n) is 2.14. The summed E-state index contributed by atoms with van der Waals surface area (Å²) >= 11 is 5.03. The number of hydrogen-bond donors (Lipinski definition) is 1. The lowest BCUT2D eigenvalue weighted by Crippen LogP contribution is -2.36. The molecule has 0 bridgehead atoms. The van der Waals surface area contributed by atoms with Crippen molar-refractivity contribution < 1.29 is 4.79 Å². The van der Waals surface area contributed by atoms with Crippen LogP contribution in [0.5, 0.6) is 0 Å². The number of H-pyrrole nitrogens is 1. The van der Waals surface area contributed by atoms with Crippen LogP contribution in [0.1, 0.15) is 25.7 Å². The quantitative estimate of drug-likeness (QED) is 0.840. The van der Waals surface area contributed by atoms with Gasteiger partial charge in [-0.15, -0.1) is 0 Å². The van der Waals surface area contributed by atoms with Crippen LogP contribution >= 0.6 is 12.2 Å². The molecule has 2 rings (SSSR count). The maximum Gasteiger partial charge on any atom is 0.251 e. The van der Waals surface area contributed by atoms with Crippen LogP contribution in [0.15, 0.2) is 17.1 Å². The summed E-state index contributed by atoms with van der Waals surface area (Å²) in [7, 11) is 0. The van der Waals surface area contributed by atoms with Gasteiger partial charge in [0.25, 0.3) is 5.56 Å². The highest BCUT2D eigenvalue weighted by Crippen LogP contribution is 2.10. The highest BCUT2D eigenvalue weighted by atomic mass is 32.1. The SMILES string of the molecule is O=C(CCn1ccc(=O)[nH]c1=S)N1CCCCC1. The Bertz CT molecular complexity index is 529. The highest BCUT2D eigenvalue weighted by Gasteiger charge is 2.15. The van der Waals surface area contributed by atoms with Crippen LogP contribution < -0.4 is 5.56 Å². The van der Waals surface area contributed by atoms with Crippen molar-refractivity contribution in [2.75, 3.05) is 13.1 Å². The lowest BCUT2D eigenvalue weighted by Gasteiger charge is -2.26. The van der Waals surface area contributed by atoms with E-state index < -0.39 is 0 Å². The third-order valence-electron chi connectivity index (χ3n) is 3.17. The number of aromatic nitrogens is 2. The smallest absolute Gasteiger partial charge is 0.251 e. The van der Waals surface area contributed by atoms with E-state index in [2.05, 4.69) is 4.98 Å². The second-order valence-corrected chi connectivity index (χ2v) is 4.88. The largest absolute Gasteiger partial charge is 0.343 e. The van der Waals surface area contributed by atoms with Gasteiger partial charge < -0.3 is 9.47 Å². The molecule has 2 heterocycles. The molecule has 0 aliphatic carbocycles. The van der Waals surface area contributed by atoms with Crippen molar-refractivity contribution in [3.8, 4) is 0 Å². The maximum atomic E-state index is 12.0. The van der Waals surface area contributed by atoms with Crippen LogP contribution in [-0.4, -0.2) is 33.4 Å². The van der Waals surface area contributed by atoms with Crippen molar-refractivity contribution in [2.24, 2.45) is 0 Å². The van der Waals surface area contributed by atoms with Gasteiger partial charge in [-0.3, -0.25) is 14.6 Å². The molecule has 0 radical (unpaired) electrons. The molecule has 98 valence electrons. The molecule has 0 spiro atoms. The zero-order chi connectivity index (χ0) is 13.0. The Morgan fingerprint density at radius 3 is 2.72 bits per heavy atom. The Balaban J connectivity index is 1.92. The summed E-state index contributed by atoms with van der Waals surface area (Å²) in [6, 6.07) is 1.42. The average molecular weight is 267 g/mol. The van der Waals surface area contributed by atoms with Crippen molar-refractivity contribution in [3.05, 3.63) is 27.4 Å². The van der Waals surface area contributed by atoms with Gasteiger partial charge in [-0.05, 0) is 31.5 Å². The van der Waals surface area contributed by atoms with Gasteiger partial charge in [0.1, 0.15) is 0 Å². The third kappa shape index (κ3) is 3.29. The molecule has 1 aliphatic heterocycles. The molecule has 0 unspecified atom stereocenters. The van der Waals surface area contributed by atoms with Gasteiger partial charge in [-0.1, -0.05) is 0 Å². The number of carbonyl (C=O) groups excluding carboxylic acids is 1. The second-order valence-electron chi connectivity index (χ2n) is 4.49. The van der Waals surface area contributed by atoms with E-state index in [1.165, 1.54) is 12.5 Å². The van der Waals surface area contributed by atoms with Gasteiger partial charge in [-0.25, -0.2) is 0 Å². The molecule has 0 saturated carbocycles. The van der Waals surface area contributed by atoms with Crippen LogP contribution in [-0.2, 0) is 11.3 Å². The Hall–Kier alpha value is -1.43. The van der Waals surface area contributed by atoms with E-state index in [9.17, 15) is 9.59 Å². The van der Waals surface area contributed by atoms with Gasteiger partial charge in [0.15, 0.2) is 4.77 Å². The van der Waals surface area contributed by atoms with Crippen LogP contribution in [0.25, 0.3) is 0 Å². The minimum Gasteiger partial charge on any atom is -0.343 e. The number of nitrogens with one attached hydrogen (secondary N) is 1. The van der Waals surface area contributed by atoms with Crippen LogP contribution in [0.4, 0.5) is 0 Å². The second kappa shape index (κ2) is 5.95. The van der Waals surface area contributed by atoms with Gasteiger partial charge in [0.05, 0.1) is 0 Å². The van der Waals surface area contributed by atoms with Crippen molar-refractivity contribution in [1.82, 2.24) is 14.5 Å². The van der Waals surface area contributed by atoms with Crippen LogP contribution in [0.2, 0.25) is 0 Å². The number of amides is 1. The van der Waals surface area contributed by atoms with Crippen LogP contribution in [0.3, 0.4) is 0 Å². The molecule has 0 aromatic carbocycles. The molecule has 1 fully saturated rings. The summed E-state index contributed by atoms with van der Waals surface area (Å²) in [4.78, 5) is 27.4. The van der Waals surface area contributed by atoms with E-state index in [0.717, 1.165) is 25.9 Å². The molecule has 5 nitrogen and oxygen atoms in total. The zero-order valence-electron chi connectivity index (χ0n) is 10.2. The van der Waals surface area contributed by atoms with E-state index >= 15 is 0 Å². The lowest BCUT2D eigenvalue weighted by atomic mass is 10.1. The van der Waals surface area contributed by atoms with Gasteiger partial charge in [0, 0.05) is 38.3 Å². The van der Waals surface area contributed by atoms with E-state index in [0.29, 0.717) is 17.7 Å². The van der Waals surface area contributed by atoms with E-state index in [-0.39, 0.29) is 11.5 Å². The number of likely N-dealkylation sites (tertiary alicyclic amines) is 1. The third-order valence-corrected chi connectivity index (χ3v) is 3.51. The topological polar surface area (TPSA) is 58.1 Å². The average Bonchev–Trinajstić information content (AvgIpc) is 2.38. The predicted molar refractivity (Wildman–Crippen MR) is 70.9 cm³/mol. The number of nitrogens with zero attached hydrogens (tertiary/aromatic N) is 2. The Labute approximate surface area is 110 Å². The van der Waals surface area contributed by atoms with Gasteiger partial charge in [0.2, 0.25) is 5.91 Å². The number of aromatic amines is 1. The molecular weight excluding hydrogens is 250 g/mol. The van der Waals surface area contributed by atoms with Crippen LogP contribution in [0, 0.1) is 4.77 Å². The summed E-state index contributed by atoms with van der Waals surface area (Å²) in [5, 5.41) is 0. The monoisotopic (exact) mass is 267 g/mol.